The quantitative estimate of drug-likeness (QED) is 0.110. The Morgan fingerprint density at radius 3 is 2.35 bits per heavy atom. The van der Waals surface area contributed by atoms with E-state index in [0.29, 0.717) is 82.1 Å². The van der Waals surface area contributed by atoms with Crippen LogP contribution in [0.5, 0.6) is 0 Å². The van der Waals surface area contributed by atoms with E-state index in [2.05, 4.69) is 43.3 Å². The lowest BCUT2D eigenvalue weighted by atomic mass is 9.82. The third-order valence-corrected chi connectivity index (χ3v) is 15.8. The van der Waals surface area contributed by atoms with E-state index in [0.717, 1.165) is 29.8 Å². The molecule has 7 atom stereocenters. The van der Waals surface area contributed by atoms with Crippen LogP contribution >= 0.6 is 0 Å². The van der Waals surface area contributed by atoms with E-state index in [1.807, 2.05) is 25.1 Å². The highest BCUT2D eigenvalue weighted by Gasteiger charge is 2.48. The Balaban J connectivity index is 1.11. The molecule has 5 aliphatic rings. The number of benzene rings is 4. The molecular formula is C56H68F3N9O7. The first-order valence-corrected chi connectivity index (χ1v) is 26.0. The number of imide groups is 1. The van der Waals surface area contributed by atoms with Gasteiger partial charge < -0.3 is 41.0 Å². The minimum atomic E-state index is -1.53. The Kier molecular flexibility index (Phi) is 16.4. The van der Waals surface area contributed by atoms with Crippen molar-refractivity contribution >= 4 is 46.6 Å². The van der Waals surface area contributed by atoms with Crippen LogP contribution in [0.3, 0.4) is 0 Å². The Morgan fingerprint density at radius 1 is 0.893 bits per heavy atom. The minimum Gasteiger partial charge on any atom is -0.383 e. The van der Waals surface area contributed by atoms with Crippen molar-refractivity contribution < 1.29 is 46.6 Å². The Labute approximate surface area is 436 Å². The summed E-state index contributed by atoms with van der Waals surface area (Å²) < 4.78 is 55.8. The predicted molar refractivity (Wildman–Crippen MR) is 277 cm³/mol. The van der Waals surface area contributed by atoms with Crippen LogP contribution in [-0.2, 0) is 51.8 Å². The van der Waals surface area contributed by atoms with Gasteiger partial charge in [-0.05, 0) is 130 Å². The van der Waals surface area contributed by atoms with Crippen LogP contribution in [-0.4, -0.2) is 147 Å². The average Bonchev–Trinajstić information content (AvgIpc) is 3.97. The fraction of sp³-hybridized carbons (Fsp3) is 0.482. The van der Waals surface area contributed by atoms with Gasteiger partial charge in [-0.15, -0.1) is 0 Å². The van der Waals surface area contributed by atoms with E-state index in [9.17, 15) is 14.0 Å². The zero-order valence-corrected chi connectivity index (χ0v) is 43.2. The molecule has 16 nitrogen and oxygen atoms in total. The molecule has 3 saturated heterocycles. The fourth-order valence-corrected chi connectivity index (χ4v) is 11.2. The van der Waals surface area contributed by atoms with E-state index >= 15 is 23.2 Å². The molecule has 4 aromatic carbocycles. The van der Waals surface area contributed by atoms with Crippen LogP contribution < -0.4 is 31.5 Å². The molecule has 0 saturated carbocycles. The number of fused-ring (bicyclic) bond motifs is 2. The first-order chi connectivity index (χ1) is 36.0. The second-order valence-corrected chi connectivity index (χ2v) is 21.0. The molecule has 5 N–H and O–H groups in total. The number of piperazine rings is 1. The normalized spacial score (nSPS) is 23.9. The monoisotopic (exact) mass is 1040 g/mol. The molecule has 0 aliphatic carbocycles. The lowest BCUT2D eigenvalue weighted by molar-refractivity contribution is -0.144. The van der Waals surface area contributed by atoms with E-state index in [1.165, 1.54) is 28.0 Å². The van der Waals surface area contributed by atoms with Crippen LogP contribution in [0, 0.1) is 23.4 Å². The standard InChI is InChI=1S/C56H68F3N9O7/c1-33-27-66(42(26-61-33)29-65-19-22-75-31-34(65)2)30-48(69)68(55(73)56(4)32-62-47-24-37(11-16-44(47)56)23-36-9-13-40(57)14-10-36)41-15-12-39-28-67(51(43(39)25-41)53(71)64-50-45(58)7-6-8-46(50)59)54(72)49(38-17-20-74-21-18-38)63-52(70)35(3)60-5/h6-16,24-25,33-35,38,42,49,51,60-62H,17-23,26-32H2,1-5H3,(H,63,70)(H,64,71)/t33-,34-,35+,42-,49+,51+,56+/m1/s1. The SMILES string of the molecule is CN[C@@H](C)C(=O)N[C@H](C(=O)N1Cc2ccc(N(C(=O)CN3C[C@@H](C)NC[C@@H]3CN3CCOC[C@H]3C)C(=O)[C@@]3(C)CNc4cc(Cc5ccc(F)cc5)ccc43)cc2[C@H]1C(=O)Nc1c(F)cccc1F)C1CCOCC1. The topological polar surface area (TPSA) is 177 Å². The van der Waals surface area contributed by atoms with Gasteiger partial charge in [0.2, 0.25) is 23.6 Å². The third kappa shape index (κ3) is 11.5. The average molecular weight is 1040 g/mol. The molecule has 0 unspecified atom stereocenters. The second kappa shape index (κ2) is 22.9. The maximum Gasteiger partial charge on any atom is 0.252 e. The molecule has 5 heterocycles. The van der Waals surface area contributed by atoms with Gasteiger partial charge in [-0.25, -0.2) is 18.1 Å². The highest BCUT2D eigenvalue weighted by atomic mass is 19.1. The van der Waals surface area contributed by atoms with Gasteiger partial charge in [-0.3, -0.25) is 33.8 Å². The summed E-state index contributed by atoms with van der Waals surface area (Å²) in [4.78, 5) is 81.7. The molecule has 19 heteroatoms. The van der Waals surface area contributed by atoms with Crippen molar-refractivity contribution in [3.63, 3.8) is 0 Å². The van der Waals surface area contributed by atoms with Crippen molar-refractivity contribution in [3.8, 4) is 0 Å². The first kappa shape index (κ1) is 53.6. The maximum atomic E-state index is 15.8. The Morgan fingerprint density at radius 2 is 1.63 bits per heavy atom. The number of halogens is 3. The number of ether oxygens (including phenoxy) is 2. The molecule has 0 bridgehead atoms. The number of amides is 5. The largest absolute Gasteiger partial charge is 0.383 e. The Bertz CT molecular complexity index is 2760. The number of hydrogen-bond acceptors (Lipinski definition) is 12. The van der Waals surface area contributed by atoms with Gasteiger partial charge in [0, 0.05) is 76.3 Å². The van der Waals surface area contributed by atoms with Crippen molar-refractivity contribution in [2.24, 2.45) is 5.92 Å². The molecule has 400 valence electrons. The summed E-state index contributed by atoms with van der Waals surface area (Å²) in [5.74, 6) is -5.80. The third-order valence-electron chi connectivity index (χ3n) is 15.8. The number of morpholine rings is 1. The zero-order valence-electron chi connectivity index (χ0n) is 43.2. The van der Waals surface area contributed by atoms with Gasteiger partial charge in [0.05, 0.1) is 36.9 Å². The lowest BCUT2D eigenvalue weighted by Crippen LogP contribution is -2.62. The van der Waals surface area contributed by atoms with E-state index < -0.39 is 70.4 Å². The van der Waals surface area contributed by atoms with Crippen LogP contribution in [0.25, 0.3) is 0 Å². The highest BCUT2D eigenvalue weighted by molar-refractivity contribution is 6.19. The van der Waals surface area contributed by atoms with Crippen molar-refractivity contribution in [1.29, 1.82) is 0 Å². The predicted octanol–water partition coefficient (Wildman–Crippen LogP) is 4.86. The van der Waals surface area contributed by atoms with Crippen LogP contribution in [0.4, 0.5) is 30.2 Å². The first-order valence-electron chi connectivity index (χ1n) is 26.0. The number of rotatable bonds is 15. The molecule has 9 rings (SSSR count). The van der Waals surface area contributed by atoms with Gasteiger partial charge in [0.1, 0.15) is 35.2 Å². The van der Waals surface area contributed by atoms with Gasteiger partial charge in [0.15, 0.2) is 0 Å². The fourth-order valence-electron chi connectivity index (χ4n) is 11.2. The number of anilines is 3. The number of carbonyl (C=O) groups excluding carboxylic acids is 5. The van der Waals surface area contributed by atoms with Crippen molar-refractivity contribution in [2.45, 2.75) is 95.2 Å². The van der Waals surface area contributed by atoms with Crippen LogP contribution in [0.2, 0.25) is 0 Å². The minimum absolute atomic E-state index is 0.0334. The summed E-state index contributed by atoms with van der Waals surface area (Å²) in [6.45, 7) is 11.9. The summed E-state index contributed by atoms with van der Waals surface area (Å²) in [6, 6.07) is 16.9. The zero-order chi connectivity index (χ0) is 53.1. The van der Waals surface area contributed by atoms with Crippen molar-refractivity contribution in [3.05, 3.63) is 124 Å². The highest BCUT2D eigenvalue weighted by Crippen LogP contribution is 2.43. The van der Waals surface area contributed by atoms with Crippen molar-refractivity contribution in [1.82, 2.24) is 30.7 Å². The maximum absolute atomic E-state index is 15.8. The molecule has 75 heavy (non-hydrogen) atoms. The molecule has 5 aliphatic heterocycles. The molecule has 0 radical (unpaired) electrons. The van der Waals surface area contributed by atoms with Crippen LogP contribution in [0.1, 0.15) is 74.4 Å². The van der Waals surface area contributed by atoms with Crippen LogP contribution in [0.15, 0.2) is 78.9 Å². The van der Waals surface area contributed by atoms with E-state index in [1.54, 1.807) is 51.2 Å². The number of likely N-dealkylation sites (N-methyl/N-ethyl adjacent to an activating group) is 1. The van der Waals surface area contributed by atoms with Gasteiger partial charge in [-0.1, -0.05) is 36.4 Å². The molecule has 3 fully saturated rings. The summed E-state index contributed by atoms with van der Waals surface area (Å²) in [5, 5.41) is 15.2. The number of hydrogen-bond donors (Lipinski definition) is 5. The van der Waals surface area contributed by atoms with Crippen molar-refractivity contribution in [2.75, 3.05) is 88.3 Å². The molecule has 4 aromatic rings. The Hall–Kier alpha value is -6.22. The summed E-state index contributed by atoms with van der Waals surface area (Å²) >= 11 is 0. The number of para-hydroxylation sites is 1. The number of nitrogens with zero attached hydrogens (tertiary/aromatic N) is 4. The van der Waals surface area contributed by atoms with Gasteiger partial charge in [0.25, 0.3) is 5.91 Å². The van der Waals surface area contributed by atoms with Gasteiger partial charge >= 0.3 is 0 Å². The number of carbonyl (C=O) groups is 5. The summed E-state index contributed by atoms with van der Waals surface area (Å²) in [6.07, 6.45) is 1.40. The lowest BCUT2D eigenvalue weighted by Gasteiger charge is -2.44. The molecular weight excluding hydrogens is 968 g/mol. The molecule has 5 amide bonds. The second-order valence-electron chi connectivity index (χ2n) is 21.0. The van der Waals surface area contributed by atoms with E-state index in [-0.39, 0.29) is 60.7 Å². The smallest absolute Gasteiger partial charge is 0.252 e. The summed E-state index contributed by atoms with van der Waals surface area (Å²) in [5.41, 5.74) is 2.07. The summed E-state index contributed by atoms with van der Waals surface area (Å²) in [7, 11) is 1.62. The molecule has 0 aromatic heterocycles. The van der Waals surface area contributed by atoms with Gasteiger partial charge in [-0.2, -0.15) is 0 Å². The van der Waals surface area contributed by atoms with E-state index in [4.69, 9.17) is 9.47 Å². The molecule has 0 spiro atoms. The number of nitrogens with one attached hydrogen (secondary N) is 5.